The first-order valence-electron chi connectivity index (χ1n) is 9.35. The molecule has 146 valence electrons. The lowest BCUT2D eigenvalue weighted by Gasteiger charge is -2.34. The van der Waals surface area contributed by atoms with E-state index in [1.165, 1.54) is 16.7 Å². The van der Waals surface area contributed by atoms with Gasteiger partial charge in [-0.1, -0.05) is 12.1 Å². The smallest absolute Gasteiger partial charge is 0.213 e. The van der Waals surface area contributed by atoms with Gasteiger partial charge in [-0.3, -0.25) is 0 Å². The molecule has 0 atom stereocenters. The van der Waals surface area contributed by atoms with Crippen molar-refractivity contribution in [3.63, 3.8) is 0 Å². The van der Waals surface area contributed by atoms with Crippen LogP contribution in [0.3, 0.4) is 0 Å². The molecule has 3 rings (SSSR count). The standard InChI is InChI=1S/C20H28N4O2S/c1-5-27(25,26)24-11-9-23(10-12-24)20-8-6-7-19(22-20)21-18-14-16(3)15(2)13-17(18)4/h6-8,13-14H,5,9-12H2,1-4H3,(H,21,22). The van der Waals surface area contributed by atoms with Gasteiger partial charge >= 0.3 is 0 Å². The van der Waals surface area contributed by atoms with Crippen molar-refractivity contribution in [3.05, 3.63) is 47.0 Å². The molecule has 27 heavy (non-hydrogen) atoms. The average Bonchev–Trinajstić information content (AvgIpc) is 2.66. The van der Waals surface area contributed by atoms with Gasteiger partial charge in [0.05, 0.1) is 5.75 Å². The van der Waals surface area contributed by atoms with Gasteiger partial charge < -0.3 is 10.2 Å². The number of nitrogens with one attached hydrogen (secondary N) is 1. The fourth-order valence-corrected chi connectivity index (χ4v) is 4.36. The molecule has 0 radical (unpaired) electrons. The highest BCUT2D eigenvalue weighted by molar-refractivity contribution is 7.89. The molecule has 0 aliphatic carbocycles. The minimum Gasteiger partial charge on any atom is -0.354 e. The van der Waals surface area contributed by atoms with Gasteiger partial charge in [0.15, 0.2) is 0 Å². The van der Waals surface area contributed by atoms with E-state index in [4.69, 9.17) is 4.98 Å². The van der Waals surface area contributed by atoms with Crippen molar-refractivity contribution >= 4 is 27.3 Å². The first-order valence-corrected chi connectivity index (χ1v) is 11.0. The summed E-state index contributed by atoms with van der Waals surface area (Å²) < 4.78 is 25.6. The molecule has 1 aromatic heterocycles. The van der Waals surface area contributed by atoms with Crippen LogP contribution in [-0.2, 0) is 10.0 Å². The summed E-state index contributed by atoms with van der Waals surface area (Å²) in [6.45, 7) is 10.3. The number of anilines is 3. The minimum absolute atomic E-state index is 0.153. The third-order valence-electron chi connectivity index (χ3n) is 5.16. The Labute approximate surface area is 162 Å². The minimum atomic E-state index is -3.11. The van der Waals surface area contributed by atoms with Gasteiger partial charge in [-0.2, -0.15) is 4.31 Å². The lowest BCUT2D eigenvalue weighted by molar-refractivity contribution is 0.384. The van der Waals surface area contributed by atoms with E-state index in [0.29, 0.717) is 26.2 Å². The zero-order chi connectivity index (χ0) is 19.6. The lowest BCUT2D eigenvalue weighted by Crippen LogP contribution is -2.49. The molecule has 6 nitrogen and oxygen atoms in total. The molecular weight excluding hydrogens is 360 g/mol. The molecule has 1 N–H and O–H groups in total. The highest BCUT2D eigenvalue weighted by atomic mass is 32.2. The molecule has 2 heterocycles. The summed E-state index contributed by atoms with van der Waals surface area (Å²) in [4.78, 5) is 6.88. The molecule has 1 aliphatic rings. The van der Waals surface area contributed by atoms with E-state index in [0.717, 1.165) is 17.3 Å². The summed E-state index contributed by atoms with van der Waals surface area (Å²) in [6, 6.07) is 10.2. The molecule has 0 bridgehead atoms. The Kier molecular flexibility index (Phi) is 5.72. The monoisotopic (exact) mass is 388 g/mol. The number of piperazine rings is 1. The second-order valence-corrected chi connectivity index (χ2v) is 9.30. The topological polar surface area (TPSA) is 65.5 Å². The van der Waals surface area contributed by atoms with Crippen LogP contribution in [0.2, 0.25) is 0 Å². The highest BCUT2D eigenvalue weighted by Crippen LogP contribution is 2.25. The van der Waals surface area contributed by atoms with Crippen molar-refractivity contribution in [2.45, 2.75) is 27.7 Å². The first kappa shape index (κ1) is 19.6. The third-order valence-corrected chi connectivity index (χ3v) is 7.04. The number of hydrogen-bond donors (Lipinski definition) is 1. The fraction of sp³-hybridized carbons (Fsp3) is 0.450. The fourth-order valence-electron chi connectivity index (χ4n) is 3.28. The molecule has 1 aliphatic heterocycles. The maximum atomic E-state index is 12.0. The molecule has 2 aromatic rings. The summed E-state index contributed by atoms with van der Waals surface area (Å²) in [5, 5.41) is 3.42. The number of aryl methyl sites for hydroxylation is 3. The number of aromatic nitrogens is 1. The average molecular weight is 389 g/mol. The molecule has 0 unspecified atom stereocenters. The van der Waals surface area contributed by atoms with Crippen LogP contribution in [0, 0.1) is 20.8 Å². The van der Waals surface area contributed by atoms with Crippen molar-refractivity contribution in [2.75, 3.05) is 42.1 Å². The van der Waals surface area contributed by atoms with E-state index in [-0.39, 0.29) is 5.75 Å². The molecule has 0 saturated carbocycles. The van der Waals surface area contributed by atoms with Crippen LogP contribution in [0.25, 0.3) is 0 Å². The van der Waals surface area contributed by atoms with Crippen molar-refractivity contribution in [3.8, 4) is 0 Å². The summed E-state index contributed by atoms with van der Waals surface area (Å²) in [7, 11) is -3.11. The van der Waals surface area contributed by atoms with Crippen molar-refractivity contribution < 1.29 is 8.42 Å². The number of nitrogens with zero attached hydrogens (tertiary/aromatic N) is 3. The van der Waals surface area contributed by atoms with Crippen LogP contribution in [0.5, 0.6) is 0 Å². The van der Waals surface area contributed by atoms with Gasteiger partial charge in [0.1, 0.15) is 11.6 Å². The van der Waals surface area contributed by atoms with E-state index in [2.05, 4.69) is 43.1 Å². The van der Waals surface area contributed by atoms with Crippen molar-refractivity contribution in [2.24, 2.45) is 0 Å². The molecule has 0 amide bonds. The molecule has 1 aromatic carbocycles. The van der Waals surface area contributed by atoms with Crippen LogP contribution >= 0.6 is 0 Å². The van der Waals surface area contributed by atoms with Gasteiger partial charge in [-0.15, -0.1) is 0 Å². The van der Waals surface area contributed by atoms with E-state index >= 15 is 0 Å². The molecular formula is C20H28N4O2S. The third kappa shape index (κ3) is 4.42. The Bertz CT molecular complexity index is 920. The maximum absolute atomic E-state index is 12.0. The normalized spacial score (nSPS) is 15.8. The zero-order valence-corrected chi connectivity index (χ0v) is 17.3. The highest BCUT2D eigenvalue weighted by Gasteiger charge is 2.26. The van der Waals surface area contributed by atoms with Gasteiger partial charge in [-0.05, 0) is 62.6 Å². The number of benzene rings is 1. The Hall–Kier alpha value is -2.12. The van der Waals surface area contributed by atoms with E-state index in [9.17, 15) is 8.42 Å². The Morgan fingerprint density at radius 3 is 2.33 bits per heavy atom. The Balaban J connectivity index is 1.73. The van der Waals surface area contributed by atoms with Crippen LogP contribution in [-0.4, -0.2) is 49.6 Å². The van der Waals surface area contributed by atoms with Gasteiger partial charge in [-0.25, -0.2) is 13.4 Å². The molecule has 7 heteroatoms. The van der Waals surface area contributed by atoms with Crippen LogP contribution in [0.1, 0.15) is 23.6 Å². The van der Waals surface area contributed by atoms with E-state index < -0.39 is 10.0 Å². The van der Waals surface area contributed by atoms with E-state index in [1.807, 2.05) is 18.2 Å². The van der Waals surface area contributed by atoms with Crippen LogP contribution in [0.4, 0.5) is 17.3 Å². The molecule has 0 spiro atoms. The Morgan fingerprint density at radius 1 is 1.00 bits per heavy atom. The van der Waals surface area contributed by atoms with Crippen LogP contribution < -0.4 is 10.2 Å². The van der Waals surface area contributed by atoms with Crippen molar-refractivity contribution in [1.82, 2.24) is 9.29 Å². The summed E-state index contributed by atoms with van der Waals surface area (Å²) in [6.07, 6.45) is 0. The molecule has 1 fully saturated rings. The number of sulfonamides is 1. The second-order valence-electron chi connectivity index (χ2n) is 7.04. The predicted molar refractivity (Wildman–Crippen MR) is 111 cm³/mol. The number of hydrogen-bond acceptors (Lipinski definition) is 5. The second kappa shape index (κ2) is 7.86. The van der Waals surface area contributed by atoms with Crippen molar-refractivity contribution in [1.29, 1.82) is 0 Å². The van der Waals surface area contributed by atoms with Gasteiger partial charge in [0, 0.05) is 31.9 Å². The van der Waals surface area contributed by atoms with Crippen LogP contribution in [0.15, 0.2) is 30.3 Å². The van der Waals surface area contributed by atoms with Gasteiger partial charge in [0.25, 0.3) is 0 Å². The summed E-state index contributed by atoms with van der Waals surface area (Å²) >= 11 is 0. The summed E-state index contributed by atoms with van der Waals surface area (Å²) in [5.41, 5.74) is 4.76. The number of pyridine rings is 1. The van der Waals surface area contributed by atoms with Gasteiger partial charge in [0.2, 0.25) is 10.0 Å². The Morgan fingerprint density at radius 2 is 1.67 bits per heavy atom. The van der Waals surface area contributed by atoms with E-state index in [1.54, 1.807) is 11.2 Å². The summed E-state index contributed by atoms with van der Waals surface area (Å²) in [5.74, 6) is 1.82. The predicted octanol–water partition coefficient (Wildman–Crippen LogP) is 3.22. The lowest BCUT2D eigenvalue weighted by atomic mass is 10.1. The number of rotatable bonds is 5. The maximum Gasteiger partial charge on any atom is 0.213 e. The first-order chi connectivity index (χ1) is 12.8. The quantitative estimate of drug-likeness (QED) is 0.852. The SMILES string of the molecule is CCS(=O)(=O)N1CCN(c2cccc(Nc3cc(C)c(C)cc3C)n2)CC1. The molecule has 1 saturated heterocycles. The largest absolute Gasteiger partial charge is 0.354 e. The zero-order valence-electron chi connectivity index (χ0n) is 16.5.